The van der Waals surface area contributed by atoms with Crippen molar-refractivity contribution in [3.8, 4) is 0 Å². The molecule has 2 saturated heterocycles. The van der Waals surface area contributed by atoms with Crippen molar-refractivity contribution in [3.63, 3.8) is 0 Å². The van der Waals surface area contributed by atoms with Crippen LogP contribution in [0, 0.1) is 0 Å². The van der Waals surface area contributed by atoms with Crippen LogP contribution in [0.15, 0.2) is 0 Å². The Morgan fingerprint density at radius 2 is 2.12 bits per heavy atom. The van der Waals surface area contributed by atoms with E-state index >= 15 is 0 Å². The molecule has 5 nitrogen and oxygen atoms in total. The molecule has 2 amide bonds. The van der Waals surface area contributed by atoms with Crippen LogP contribution < -0.4 is 5.32 Å². The minimum atomic E-state index is 0.0589. The van der Waals surface area contributed by atoms with E-state index in [9.17, 15) is 4.79 Å². The van der Waals surface area contributed by atoms with Crippen LogP contribution in [0.3, 0.4) is 0 Å². The number of amides is 2. The summed E-state index contributed by atoms with van der Waals surface area (Å²) >= 11 is 0. The van der Waals surface area contributed by atoms with Gasteiger partial charge in [-0.1, -0.05) is 0 Å². The Morgan fingerprint density at radius 1 is 1.38 bits per heavy atom. The molecule has 5 heteroatoms. The second-order valence-corrected chi connectivity index (χ2v) is 4.56. The highest BCUT2D eigenvalue weighted by Crippen LogP contribution is 2.13. The molecule has 92 valence electrons. The van der Waals surface area contributed by atoms with Gasteiger partial charge in [0.15, 0.2) is 0 Å². The van der Waals surface area contributed by atoms with Gasteiger partial charge in [-0.15, -0.1) is 0 Å². The summed E-state index contributed by atoms with van der Waals surface area (Å²) < 4.78 is 5.21. The average Bonchev–Trinajstić information content (AvgIpc) is 2.73. The minimum absolute atomic E-state index is 0.0589. The summed E-state index contributed by atoms with van der Waals surface area (Å²) in [7, 11) is 2.12. The highest BCUT2D eigenvalue weighted by Gasteiger charge is 2.22. The zero-order valence-corrected chi connectivity index (χ0v) is 9.95. The van der Waals surface area contributed by atoms with E-state index in [0.29, 0.717) is 32.3 Å². The Morgan fingerprint density at radius 3 is 2.75 bits per heavy atom. The van der Waals surface area contributed by atoms with Crippen molar-refractivity contribution in [1.82, 2.24) is 15.1 Å². The molecule has 0 aromatic rings. The number of nitrogens with zero attached hydrogens (tertiary/aromatic N) is 2. The summed E-state index contributed by atoms with van der Waals surface area (Å²) in [4.78, 5) is 16.0. The molecule has 0 aromatic heterocycles. The average molecular weight is 227 g/mol. The van der Waals surface area contributed by atoms with Crippen molar-refractivity contribution in [2.75, 3.05) is 46.4 Å². The standard InChI is InChI=1S/C11H21N3O2/c1-13-4-2-3-10(13)9-12-11(15)14-5-7-16-8-6-14/h10H,2-9H2,1H3,(H,12,15)/t10-/m0/s1. The monoisotopic (exact) mass is 227 g/mol. The molecule has 0 bridgehead atoms. The smallest absolute Gasteiger partial charge is 0.317 e. The van der Waals surface area contributed by atoms with E-state index in [1.807, 2.05) is 4.90 Å². The van der Waals surface area contributed by atoms with Crippen molar-refractivity contribution in [2.45, 2.75) is 18.9 Å². The highest BCUT2D eigenvalue weighted by molar-refractivity contribution is 5.74. The fourth-order valence-electron chi connectivity index (χ4n) is 2.32. The minimum Gasteiger partial charge on any atom is -0.378 e. The number of likely N-dealkylation sites (N-methyl/N-ethyl adjacent to an activating group) is 1. The quantitative estimate of drug-likeness (QED) is 0.729. The maximum Gasteiger partial charge on any atom is 0.317 e. The largest absolute Gasteiger partial charge is 0.378 e. The first-order chi connectivity index (χ1) is 7.77. The molecule has 0 aliphatic carbocycles. The number of likely N-dealkylation sites (tertiary alicyclic amines) is 1. The third-order valence-electron chi connectivity index (χ3n) is 3.46. The number of ether oxygens (including phenoxy) is 1. The Kier molecular flexibility index (Phi) is 4.01. The molecule has 0 saturated carbocycles. The number of urea groups is 1. The SMILES string of the molecule is CN1CCC[C@H]1CNC(=O)N1CCOCC1. The van der Waals surface area contributed by atoms with Crippen LogP contribution in [0.4, 0.5) is 4.79 Å². The zero-order valence-electron chi connectivity index (χ0n) is 9.95. The summed E-state index contributed by atoms with van der Waals surface area (Å²) in [5, 5.41) is 3.01. The molecule has 2 aliphatic heterocycles. The number of carbonyl (C=O) groups is 1. The van der Waals surface area contributed by atoms with Crippen LogP contribution in [0.1, 0.15) is 12.8 Å². The van der Waals surface area contributed by atoms with Gasteiger partial charge in [0.1, 0.15) is 0 Å². The van der Waals surface area contributed by atoms with E-state index in [1.54, 1.807) is 0 Å². The molecule has 0 aromatic carbocycles. The number of nitrogens with one attached hydrogen (secondary N) is 1. The molecule has 2 fully saturated rings. The fraction of sp³-hybridized carbons (Fsp3) is 0.909. The summed E-state index contributed by atoms with van der Waals surface area (Å²) in [6.07, 6.45) is 2.44. The van der Waals surface area contributed by atoms with Gasteiger partial charge in [0.05, 0.1) is 13.2 Å². The predicted molar refractivity (Wildman–Crippen MR) is 61.4 cm³/mol. The Bertz CT molecular complexity index is 241. The number of carbonyl (C=O) groups excluding carboxylic acids is 1. The van der Waals surface area contributed by atoms with Gasteiger partial charge in [0.2, 0.25) is 0 Å². The first-order valence-corrected chi connectivity index (χ1v) is 6.08. The van der Waals surface area contributed by atoms with Crippen LogP contribution >= 0.6 is 0 Å². The van der Waals surface area contributed by atoms with Gasteiger partial charge in [0, 0.05) is 25.7 Å². The summed E-state index contributed by atoms with van der Waals surface area (Å²) in [6.45, 7) is 4.68. The van der Waals surface area contributed by atoms with Crippen LogP contribution in [0.25, 0.3) is 0 Å². The lowest BCUT2D eigenvalue weighted by atomic mass is 10.2. The Labute approximate surface area is 96.7 Å². The van der Waals surface area contributed by atoms with E-state index in [0.717, 1.165) is 13.1 Å². The first-order valence-electron chi connectivity index (χ1n) is 6.08. The molecule has 2 rings (SSSR count). The van der Waals surface area contributed by atoms with Crippen LogP contribution in [-0.4, -0.2) is 68.3 Å². The van der Waals surface area contributed by atoms with Gasteiger partial charge < -0.3 is 19.9 Å². The van der Waals surface area contributed by atoms with Crippen molar-refractivity contribution < 1.29 is 9.53 Å². The van der Waals surface area contributed by atoms with Crippen molar-refractivity contribution >= 4 is 6.03 Å². The van der Waals surface area contributed by atoms with Gasteiger partial charge in [0.25, 0.3) is 0 Å². The molecule has 0 radical (unpaired) electrons. The van der Waals surface area contributed by atoms with E-state index in [-0.39, 0.29) is 6.03 Å². The lowest BCUT2D eigenvalue weighted by Crippen LogP contribution is -2.48. The summed E-state index contributed by atoms with van der Waals surface area (Å²) in [6, 6.07) is 0.577. The molecule has 16 heavy (non-hydrogen) atoms. The third kappa shape index (κ3) is 2.86. The van der Waals surface area contributed by atoms with Gasteiger partial charge in [-0.2, -0.15) is 0 Å². The summed E-state index contributed by atoms with van der Waals surface area (Å²) in [5.74, 6) is 0. The second-order valence-electron chi connectivity index (χ2n) is 4.56. The number of rotatable bonds is 2. The normalized spacial score (nSPS) is 27.1. The maximum absolute atomic E-state index is 11.8. The van der Waals surface area contributed by atoms with Gasteiger partial charge in [-0.05, 0) is 26.4 Å². The van der Waals surface area contributed by atoms with Crippen molar-refractivity contribution in [1.29, 1.82) is 0 Å². The second kappa shape index (κ2) is 5.50. The molecular weight excluding hydrogens is 206 g/mol. The molecule has 1 atom stereocenters. The first kappa shape index (κ1) is 11.7. The molecular formula is C11H21N3O2. The van der Waals surface area contributed by atoms with Crippen molar-refractivity contribution in [2.24, 2.45) is 0 Å². The number of morpholine rings is 1. The van der Waals surface area contributed by atoms with Crippen molar-refractivity contribution in [3.05, 3.63) is 0 Å². The van der Waals surface area contributed by atoms with Gasteiger partial charge >= 0.3 is 6.03 Å². The zero-order chi connectivity index (χ0) is 11.4. The van der Waals surface area contributed by atoms with E-state index in [1.165, 1.54) is 12.8 Å². The third-order valence-corrected chi connectivity index (χ3v) is 3.46. The van der Waals surface area contributed by atoms with E-state index in [4.69, 9.17) is 4.74 Å². The van der Waals surface area contributed by atoms with Crippen LogP contribution in [-0.2, 0) is 4.74 Å². The molecule has 0 spiro atoms. The predicted octanol–water partition coefficient (Wildman–Crippen LogP) is 0.122. The lowest BCUT2D eigenvalue weighted by Gasteiger charge is -2.28. The molecule has 1 N–H and O–H groups in total. The molecule has 2 aliphatic rings. The number of hydrogen-bond acceptors (Lipinski definition) is 3. The van der Waals surface area contributed by atoms with Gasteiger partial charge in [-0.25, -0.2) is 4.79 Å². The Balaban J connectivity index is 1.70. The lowest BCUT2D eigenvalue weighted by molar-refractivity contribution is 0.0529. The van der Waals surface area contributed by atoms with Gasteiger partial charge in [-0.3, -0.25) is 0 Å². The van der Waals surface area contributed by atoms with E-state index in [2.05, 4.69) is 17.3 Å². The maximum atomic E-state index is 11.8. The highest BCUT2D eigenvalue weighted by atomic mass is 16.5. The fourth-order valence-corrected chi connectivity index (χ4v) is 2.32. The number of hydrogen-bond donors (Lipinski definition) is 1. The molecule has 2 heterocycles. The molecule has 0 unspecified atom stereocenters. The van der Waals surface area contributed by atoms with E-state index < -0.39 is 0 Å². The van der Waals surface area contributed by atoms with Crippen LogP contribution in [0.2, 0.25) is 0 Å². The van der Waals surface area contributed by atoms with Crippen LogP contribution in [0.5, 0.6) is 0 Å². The summed E-state index contributed by atoms with van der Waals surface area (Å²) in [5.41, 5.74) is 0. The Hall–Kier alpha value is -0.810. The topological polar surface area (TPSA) is 44.8 Å².